The molecule has 0 aromatic rings. The number of hydrogen-bond donors (Lipinski definition) is 1. The molecule has 246 valence electrons. The van der Waals surface area contributed by atoms with Crippen LogP contribution in [-0.2, 0) is 9.53 Å². The van der Waals surface area contributed by atoms with Gasteiger partial charge in [-0.3, -0.25) is 4.79 Å². The maximum atomic E-state index is 12.6. The van der Waals surface area contributed by atoms with Crippen molar-refractivity contribution < 1.29 is 14.6 Å². The van der Waals surface area contributed by atoms with Crippen molar-refractivity contribution >= 4 is 5.97 Å². The van der Waals surface area contributed by atoms with Gasteiger partial charge in [-0.1, -0.05) is 143 Å². The Morgan fingerprint density at radius 2 is 0.878 bits per heavy atom. The zero-order chi connectivity index (χ0) is 30.1. The number of carbonyl (C=O) groups excluding carboxylic acids is 1. The Kier molecular flexibility index (Phi) is 33.4. The van der Waals surface area contributed by atoms with Gasteiger partial charge >= 0.3 is 5.97 Å². The molecule has 0 heterocycles. The van der Waals surface area contributed by atoms with Crippen LogP contribution < -0.4 is 0 Å². The zero-order valence-corrected chi connectivity index (χ0v) is 28.4. The maximum absolute atomic E-state index is 12.6. The van der Waals surface area contributed by atoms with Crippen LogP contribution in [0.1, 0.15) is 201 Å². The minimum absolute atomic E-state index is 0.0387. The summed E-state index contributed by atoms with van der Waals surface area (Å²) in [5.41, 5.74) is 0. The molecule has 41 heavy (non-hydrogen) atoms. The van der Waals surface area contributed by atoms with Crippen LogP contribution in [-0.4, -0.2) is 48.3 Å². The number of rotatable bonds is 34. The van der Waals surface area contributed by atoms with E-state index in [-0.39, 0.29) is 12.1 Å². The van der Waals surface area contributed by atoms with E-state index in [1.165, 1.54) is 148 Å². The van der Waals surface area contributed by atoms with E-state index < -0.39 is 0 Å². The standard InChI is InChI=1S/C37H75NO3/c1-4-7-10-13-16-21-26-32-38(34-28-35-39)33-27-22-17-20-25-31-37(40)41-36(29-23-18-14-11-8-5-2)30-24-19-15-12-9-6-3/h36,39H,4-35H2,1-3H3. The first-order valence-corrected chi connectivity index (χ1v) is 18.7. The van der Waals surface area contributed by atoms with Gasteiger partial charge in [0.2, 0.25) is 0 Å². The smallest absolute Gasteiger partial charge is 0.306 e. The molecule has 0 aliphatic rings. The Morgan fingerprint density at radius 1 is 0.512 bits per heavy atom. The van der Waals surface area contributed by atoms with Gasteiger partial charge < -0.3 is 14.7 Å². The van der Waals surface area contributed by atoms with E-state index in [9.17, 15) is 9.90 Å². The monoisotopic (exact) mass is 582 g/mol. The van der Waals surface area contributed by atoms with Crippen molar-refractivity contribution in [1.82, 2.24) is 4.90 Å². The highest BCUT2D eigenvalue weighted by atomic mass is 16.5. The zero-order valence-electron chi connectivity index (χ0n) is 28.4. The molecule has 1 N–H and O–H groups in total. The number of ether oxygens (including phenoxy) is 1. The molecule has 0 rings (SSSR count). The Balaban J connectivity index is 4.09. The van der Waals surface area contributed by atoms with Crippen LogP contribution in [0.3, 0.4) is 0 Å². The lowest BCUT2D eigenvalue weighted by Crippen LogP contribution is -2.27. The van der Waals surface area contributed by atoms with Crippen LogP contribution in [0.25, 0.3) is 0 Å². The lowest BCUT2D eigenvalue weighted by molar-refractivity contribution is -0.150. The molecule has 0 aromatic heterocycles. The predicted molar refractivity (Wildman–Crippen MR) is 180 cm³/mol. The fraction of sp³-hybridized carbons (Fsp3) is 0.973. The summed E-state index contributed by atoms with van der Waals surface area (Å²) in [7, 11) is 0. The summed E-state index contributed by atoms with van der Waals surface area (Å²) in [4.78, 5) is 15.2. The van der Waals surface area contributed by atoms with Gasteiger partial charge in [0.05, 0.1) is 0 Å². The van der Waals surface area contributed by atoms with Gasteiger partial charge in [0, 0.05) is 19.6 Å². The second kappa shape index (κ2) is 33.9. The summed E-state index contributed by atoms with van der Waals surface area (Å²) in [6, 6.07) is 0. The van der Waals surface area contributed by atoms with Crippen LogP contribution in [0.2, 0.25) is 0 Å². The molecule has 0 aliphatic heterocycles. The van der Waals surface area contributed by atoms with E-state index in [0.29, 0.717) is 13.0 Å². The van der Waals surface area contributed by atoms with E-state index in [1.807, 2.05) is 0 Å². The molecule has 0 unspecified atom stereocenters. The van der Waals surface area contributed by atoms with Crippen LogP contribution in [0.15, 0.2) is 0 Å². The highest BCUT2D eigenvalue weighted by molar-refractivity contribution is 5.69. The van der Waals surface area contributed by atoms with Crippen molar-refractivity contribution in [3.63, 3.8) is 0 Å². The Hall–Kier alpha value is -0.610. The number of nitrogens with zero attached hydrogens (tertiary/aromatic N) is 1. The van der Waals surface area contributed by atoms with Crippen molar-refractivity contribution in [2.45, 2.75) is 207 Å². The number of aliphatic hydroxyl groups excluding tert-OH is 1. The molecule has 0 saturated carbocycles. The third kappa shape index (κ3) is 30.6. The molecule has 4 heteroatoms. The van der Waals surface area contributed by atoms with Gasteiger partial charge in [-0.2, -0.15) is 0 Å². The Bertz CT molecular complexity index is 496. The van der Waals surface area contributed by atoms with E-state index in [1.54, 1.807) is 0 Å². The molecule has 0 aliphatic carbocycles. The normalized spacial score (nSPS) is 11.7. The lowest BCUT2D eigenvalue weighted by Gasteiger charge is -2.22. The number of hydrogen-bond acceptors (Lipinski definition) is 4. The highest BCUT2D eigenvalue weighted by Gasteiger charge is 2.14. The molecular formula is C37H75NO3. The average molecular weight is 582 g/mol. The summed E-state index contributed by atoms with van der Waals surface area (Å²) in [6.07, 6.45) is 34.5. The first-order chi connectivity index (χ1) is 20.2. The third-order valence-corrected chi connectivity index (χ3v) is 8.62. The van der Waals surface area contributed by atoms with Gasteiger partial charge in [0.15, 0.2) is 0 Å². The summed E-state index contributed by atoms with van der Waals surface area (Å²) in [6.45, 7) is 10.5. The van der Waals surface area contributed by atoms with E-state index in [0.717, 1.165) is 45.2 Å². The van der Waals surface area contributed by atoms with Crippen molar-refractivity contribution in [3.05, 3.63) is 0 Å². The predicted octanol–water partition coefficient (Wildman–Crippen LogP) is 11.2. The SMILES string of the molecule is CCCCCCCCCN(CCCO)CCCCCCCC(=O)OC(CCCCCCCC)CCCCCCCC. The second-order valence-electron chi connectivity index (χ2n) is 12.8. The van der Waals surface area contributed by atoms with Gasteiger partial charge in [-0.15, -0.1) is 0 Å². The van der Waals surface area contributed by atoms with Crippen LogP contribution in [0.5, 0.6) is 0 Å². The van der Waals surface area contributed by atoms with Gasteiger partial charge in [0.1, 0.15) is 6.10 Å². The molecule has 0 fully saturated rings. The number of aliphatic hydroxyl groups is 1. The molecule has 0 amide bonds. The second-order valence-corrected chi connectivity index (χ2v) is 12.8. The Labute approximate surface area is 258 Å². The lowest BCUT2D eigenvalue weighted by atomic mass is 10.0. The van der Waals surface area contributed by atoms with Crippen LogP contribution in [0.4, 0.5) is 0 Å². The van der Waals surface area contributed by atoms with Crippen molar-refractivity contribution in [2.75, 3.05) is 26.2 Å². The molecule has 0 spiro atoms. The number of unbranched alkanes of at least 4 members (excludes halogenated alkanes) is 20. The molecule has 0 radical (unpaired) electrons. The fourth-order valence-corrected chi connectivity index (χ4v) is 5.87. The minimum Gasteiger partial charge on any atom is -0.462 e. The average Bonchev–Trinajstić information content (AvgIpc) is 2.97. The first-order valence-electron chi connectivity index (χ1n) is 18.7. The quantitative estimate of drug-likeness (QED) is 0.0606. The van der Waals surface area contributed by atoms with Crippen LogP contribution in [0, 0.1) is 0 Å². The summed E-state index contributed by atoms with van der Waals surface area (Å²) in [5.74, 6) is 0.0387. The number of carbonyl (C=O) groups is 1. The molecule has 0 saturated heterocycles. The van der Waals surface area contributed by atoms with E-state index >= 15 is 0 Å². The first kappa shape index (κ1) is 40.4. The minimum atomic E-state index is 0.0387. The highest BCUT2D eigenvalue weighted by Crippen LogP contribution is 2.18. The van der Waals surface area contributed by atoms with Gasteiger partial charge in [-0.05, 0) is 64.5 Å². The molecule has 0 aromatic carbocycles. The third-order valence-electron chi connectivity index (χ3n) is 8.62. The topological polar surface area (TPSA) is 49.8 Å². The molecule has 4 nitrogen and oxygen atoms in total. The molecule has 0 atom stereocenters. The summed E-state index contributed by atoms with van der Waals surface area (Å²) in [5, 5.41) is 9.28. The van der Waals surface area contributed by atoms with Crippen LogP contribution >= 0.6 is 0 Å². The van der Waals surface area contributed by atoms with Crippen molar-refractivity contribution in [1.29, 1.82) is 0 Å². The number of esters is 1. The fourth-order valence-electron chi connectivity index (χ4n) is 5.87. The molecular weight excluding hydrogens is 506 g/mol. The van der Waals surface area contributed by atoms with E-state index in [4.69, 9.17) is 4.74 Å². The van der Waals surface area contributed by atoms with E-state index in [2.05, 4.69) is 25.7 Å². The van der Waals surface area contributed by atoms with Crippen molar-refractivity contribution in [3.8, 4) is 0 Å². The summed E-state index contributed by atoms with van der Waals surface area (Å²) >= 11 is 0. The van der Waals surface area contributed by atoms with Gasteiger partial charge in [0.25, 0.3) is 0 Å². The van der Waals surface area contributed by atoms with Crippen molar-refractivity contribution in [2.24, 2.45) is 0 Å². The Morgan fingerprint density at radius 3 is 1.32 bits per heavy atom. The largest absolute Gasteiger partial charge is 0.462 e. The van der Waals surface area contributed by atoms with Gasteiger partial charge in [-0.25, -0.2) is 0 Å². The summed E-state index contributed by atoms with van der Waals surface area (Å²) < 4.78 is 6.01. The molecule has 0 bridgehead atoms. The maximum Gasteiger partial charge on any atom is 0.306 e.